The molecule has 0 aromatic heterocycles. The van der Waals surface area contributed by atoms with E-state index in [0.717, 1.165) is 20.0 Å². The zero-order valence-corrected chi connectivity index (χ0v) is 8.08. The first-order chi connectivity index (χ1) is 5.62. The quantitative estimate of drug-likeness (QED) is 0.241. The third-order valence-electron chi connectivity index (χ3n) is 0.987. The molecule has 0 amide bonds. The molecule has 0 atom stereocenters. The van der Waals surface area contributed by atoms with Gasteiger partial charge in [-0.1, -0.05) is 18.0 Å². The predicted molar refractivity (Wildman–Crippen MR) is 43.4 cm³/mol. The van der Waals surface area contributed by atoms with E-state index in [1.165, 1.54) is 0 Å². The number of nitrogens with one attached hydrogen (secondary N) is 1. The van der Waals surface area contributed by atoms with Crippen LogP contribution >= 0.6 is 8.17 Å². The number of rotatable bonds is 7. The highest BCUT2D eigenvalue weighted by Crippen LogP contribution is 2.51. The SMILES string of the molecule is CCCCNO[P+](O)(O)OOC. The average Bonchev–Trinajstić information content (AvgIpc) is 1.98. The first-order valence-electron chi connectivity index (χ1n) is 3.60. The Morgan fingerprint density at radius 2 is 2.08 bits per heavy atom. The summed E-state index contributed by atoms with van der Waals surface area (Å²) in [5.41, 5.74) is 2.36. The van der Waals surface area contributed by atoms with Gasteiger partial charge in [-0.3, -0.25) is 0 Å². The Kier molecular flexibility index (Phi) is 6.78. The second kappa shape index (κ2) is 6.68. The smallest absolute Gasteiger partial charge is 0.195 e. The molecule has 0 aromatic carbocycles. The molecule has 0 aliphatic heterocycles. The summed E-state index contributed by atoms with van der Waals surface area (Å²) in [5.74, 6) is 0. The Hall–Kier alpha value is 0.190. The largest absolute Gasteiger partial charge is 0.618 e. The van der Waals surface area contributed by atoms with Crippen molar-refractivity contribution in [1.29, 1.82) is 0 Å². The van der Waals surface area contributed by atoms with Gasteiger partial charge in [0.25, 0.3) is 0 Å². The van der Waals surface area contributed by atoms with E-state index in [9.17, 15) is 0 Å². The van der Waals surface area contributed by atoms with Crippen LogP contribution in [0.4, 0.5) is 0 Å². The van der Waals surface area contributed by atoms with Crippen LogP contribution < -0.4 is 5.48 Å². The molecule has 7 heteroatoms. The first-order valence-corrected chi connectivity index (χ1v) is 5.14. The van der Waals surface area contributed by atoms with Crippen molar-refractivity contribution >= 4 is 8.17 Å². The second-order valence-corrected chi connectivity index (χ2v) is 3.38. The molecule has 0 heterocycles. The molecule has 0 unspecified atom stereocenters. The van der Waals surface area contributed by atoms with E-state index in [2.05, 4.69) is 19.7 Å². The van der Waals surface area contributed by atoms with Crippen molar-refractivity contribution in [2.45, 2.75) is 19.8 Å². The molecule has 12 heavy (non-hydrogen) atoms. The normalized spacial score (nSPS) is 12.0. The average molecular weight is 200 g/mol. The van der Waals surface area contributed by atoms with Gasteiger partial charge in [-0.15, -0.1) is 0 Å². The Balaban J connectivity index is 3.33. The highest BCUT2D eigenvalue weighted by molar-refractivity contribution is 7.54. The van der Waals surface area contributed by atoms with Crippen molar-refractivity contribution in [3.63, 3.8) is 0 Å². The standard InChI is InChI=1S/C5H15NO5P/c1-3-4-5-6-10-12(7,8)11-9-2/h6-8H,3-5H2,1-2H3/q+1. The molecule has 0 spiro atoms. The molecule has 0 fully saturated rings. The maximum absolute atomic E-state index is 8.85. The van der Waals surface area contributed by atoms with Crippen molar-refractivity contribution in [3.8, 4) is 0 Å². The zero-order valence-electron chi connectivity index (χ0n) is 7.19. The number of hydrogen-bond donors (Lipinski definition) is 3. The highest BCUT2D eigenvalue weighted by Gasteiger charge is 2.42. The lowest BCUT2D eigenvalue weighted by Gasteiger charge is -2.05. The summed E-state index contributed by atoms with van der Waals surface area (Å²) in [7, 11) is -2.65. The van der Waals surface area contributed by atoms with Gasteiger partial charge < -0.3 is 0 Å². The summed E-state index contributed by atoms with van der Waals surface area (Å²) < 4.78 is 8.44. The third kappa shape index (κ3) is 6.87. The molecule has 0 aliphatic rings. The van der Waals surface area contributed by atoms with E-state index in [0.29, 0.717) is 6.54 Å². The van der Waals surface area contributed by atoms with Crippen LogP contribution in [-0.2, 0) is 14.2 Å². The van der Waals surface area contributed by atoms with Crippen LogP contribution in [0, 0.1) is 0 Å². The summed E-state index contributed by atoms with van der Waals surface area (Å²) in [6, 6.07) is 0. The van der Waals surface area contributed by atoms with Gasteiger partial charge in [0, 0.05) is 11.2 Å². The molecular formula is C5H15NO5P+. The number of hydrogen-bond acceptors (Lipinski definition) is 6. The Morgan fingerprint density at radius 3 is 2.58 bits per heavy atom. The van der Waals surface area contributed by atoms with Crippen molar-refractivity contribution in [2.75, 3.05) is 13.7 Å². The van der Waals surface area contributed by atoms with Crippen LogP contribution in [0.2, 0.25) is 0 Å². The van der Waals surface area contributed by atoms with Gasteiger partial charge in [0.2, 0.25) is 0 Å². The molecule has 0 aromatic rings. The van der Waals surface area contributed by atoms with Crippen LogP contribution in [0.5, 0.6) is 0 Å². The van der Waals surface area contributed by atoms with Gasteiger partial charge in [0.15, 0.2) is 0 Å². The number of hydroxylamine groups is 1. The van der Waals surface area contributed by atoms with Crippen LogP contribution in [0.3, 0.4) is 0 Å². The first kappa shape index (κ1) is 12.2. The minimum Gasteiger partial charge on any atom is -0.195 e. The summed E-state index contributed by atoms with van der Waals surface area (Å²) in [5, 5.41) is 0. The second-order valence-electron chi connectivity index (χ2n) is 2.07. The zero-order chi connectivity index (χ0) is 9.45. The topological polar surface area (TPSA) is 80.2 Å². The van der Waals surface area contributed by atoms with E-state index in [4.69, 9.17) is 9.79 Å². The molecular weight excluding hydrogens is 185 g/mol. The monoisotopic (exact) mass is 200 g/mol. The van der Waals surface area contributed by atoms with E-state index < -0.39 is 8.17 Å². The molecule has 74 valence electrons. The Labute approximate surface area is 72.0 Å². The van der Waals surface area contributed by atoms with Gasteiger partial charge in [-0.25, -0.2) is 0 Å². The molecule has 0 radical (unpaired) electrons. The van der Waals surface area contributed by atoms with Crippen molar-refractivity contribution < 1.29 is 24.0 Å². The van der Waals surface area contributed by atoms with Gasteiger partial charge in [0.1, 0.15) is 0 Å². The van der Waals surface area contributed by atoms with Gasteiger partial charge in [-0.05, 0) is 6.42 Å². The Bertz CT molecular complexity index is 112. The van der Waals surface area contributed by atoms with Crippen LogP contribution in [0.15, 0.2) is 0 Å². The lowest BCUT2D eigenvalue weighted by atomic mass is 10.3. The van der Waals surface area contributed by atoms with Crippen LogP contribution in [0.1, 0.15) is 19.8 Å². The molecule has 0 saturated heterocycles. The minimum atomic E-state index is -3.82. The molecule has 0 saturated carbocycles. The Morgan fingerprint density at radius 1 is 1.42 bits per heavy atom. The molecule has 0 rings (SSSR count). The van der Waals surface area contributed by atoms with Gasteiger partial charge in [0.05, 0.1) is 7.11 Å². The fraction of sp³-hybridized carbons (Fsp3) is 1.00. The summed E-state index contributed by atoms with van der Waals surface area (Å²) in [4.78, 5) is 21.7. The van der Waals surface area contributed by atoms with Crippen LogP contribution in [-0.4, -0.2) is 23.4 Å². The molecule has 6 nitrogen and oxygen atoms in total. The molecule has 0 aliphatic carbocycles. The fourth-order valence-corrected chi connectivity index (χ4v) is 0.975. The number of unbranched alkanes of at least 4 members (excludes halogenated alkanes) is 1. The fourth-order valence-electron chi connectivity index (χ4n) is 0.491. The van der Waals surface area contributed by atoms with Crippen LogP contribution in [0.25, 0.3) is 0 Å². The molecule has 3 N–H and O–H groups in total. The third-order valence-corrected chi connectivity index (χ3v) is 1.70. The van der Waals surface area contributed by atoms with Gasteiger partial charge in [-0.2, -0.15) is 20.2 Å². The predicted octanol–water partition coefficient (Wildman–Crippen LogP) is 0.548. The van der Waals surface area contributed by atoms with Gasteiger partial charge >= 0.3 is 8.17 Å². The summed E-state index contributed by atoms with van der Waals surface area (Å²) in [6.07, 6.45) is 1.87. The molecule has 0 bridgehead atoms. The summed E-state index contributed by atoms with van der Waals surface area (Å²) in [6.45, 7) is 2.54. The van der Waals surface area contributed by atoms with E-state index in [1.54, 1.807) is 0 Å². The maximum atomic E-state index is 8.85. The van der Waals surface area contributed by atoms with Crippen molar-refractivity contribution in [1.82, 2.24) is 5.48 Å². The van der Waals surface area contributed by atoms with E-state index >= 15 is 0 Å². The summed E-state index contributed by atoms with van der Waals surface area (Å²) >= 11 is 0. The lowest BCUT2D eigenvalue weighted by molar-refractivity contribution is -0.211. The van der Waals surface area contributed by atoms with E-state index in [1.807, 2.05) is 6.92 Å². The maximum Gasteiger partial charge on any atom is 0.618 e. The van der Waals surface area contributed by atoms with Crippen molar-refractivity contribution in [2.24, 2.45) is 0 Å². The highest BCUT2D eigenvalue weighted by atomic mass is 31.2. The lowest BCUT2D eigenvalue weighted by Crippen LogP contribution is -2.17. The minimum absolute atomic E-state index is 0.534. The van der Waals surface area contributed by atoms with E-state index in [-0.39, 0.29) is 0 Å². The van der Waals surface area contributed by atoms with Crippen molar-refractivity contribution in [3.05, 3.63) is 0 Å².